The van der Waals surface area contributed by atoms with Crippen LogP contribution in [0.15, 0.2) is 11.2 Å². The van der Waals surface area contributed by atoms with Crippen molar-refractivity contribution < 1.29 is 23.1 Å². The van der Waals surface area contributed by atoms with Crippen molar-refractivity contribution in [2.24, 2.45) is 5.92 Å². The number of carboxylic acids is 1. The number of hydrogen-bond acceptors (Lipinski definition) is 5. The minimum Gasteiger partial charge on any atom is -0.478 e. The molecule has 2 atom stereocenters. The standard InChI is InChI=1S/C13H21N3O5S/c1-8(2)5-10-6-9(3-4-21-10)16-22(19,20)12-11(13(17)18)7-14-15-12/h7-10,16H,3-6H2,1-2H3,(H,14,15)(H,17,18). The Balaban J connectivity index is 2.08. The van der Waals surface area contributed by atoms with Gasteiger partial charge in [-0.1, -0.05) is 13.8 Å². The summed E-state index contributed by atoms with van der Waals surface area (Å²) in [5, 5.41) is 14.3. The molecule has 0 saturated carbocycles. The summed E-state index contributed by atoms with van der Waals surface area (Å²) >= 11 is 0. The Morgan fingerprint density at radius 2 is 2.32 bits per heavy atom. The number of ether oxygens (including phenoxy) is 1. The first-order chi connectivity index (χ1) is 10.3. The van der Waals surface area contributed by atoms with Gasteiger partial charge in [0.15, 0.2) is 5.03 Å². The molecule has 0 spiro atoms. The lowest BCUT2D eigenvalue weighted by atomic mass is 9.97. The van der Waals surface area contributed by atoms with Crippen molar-refractivity contribution in [1.29, 1.82) is 0 Å². The maximum Gasteiger partial charge on any atom is 0.340 e. The molecule has 1 aromatic rings. The number of nitrogens with one attached hydrogen (secondary N) is 2. The second-order valence-corrected chi connectivity index (χ2v) is 7.53. The molecule has 124 valence electrons. The normalized spacial score (nSPS) is 22.9. The van der Waals surface area contributed by atoms with E-state index in [1.54, 1.807) is 0 Å². The van der Waals surface area contributed by atoms with Gasteiger partial charge in [-0.3, -0.25) is 5.10 Å². The van der Waals surface area contributed by atoms with Crippen molar-refractivity contribution >= 4 is 16.0 Å². The fourth-order valence-electron chi connectivity index (χ4n) is 2.59. The number of aromatic carboxylic acids is 1. The van der Waals surface area contributed by atoms with Gasteiger partial charge >= 0.3 is 5.97 Å². The van der Waals surface area contributed by atoms with Crippen molar-refractivity contribution in [2.75, 3.05) is 6.61 Å². The van der Waals surface area contributed by atoms with E-state index < -0.39 is 21.0 Å². The van der Waals surface area contributed by atoms with Gasteiger partial charge in [-0.2, -0.15) is 5.10 Å². The zero-order valence-electron chi connectivity index (χ0n) is 12.6. The van der Waals surface area contributed by atoms with Crippen LogP contribution >= 0.6 is 0 Å². The third kappa shape index (κ3) is 4.05. The molecular weight excluding hydrogens is 310 g/mol. The van der Waals surface area contributed by atoms with Gasteiger partial charge in [0.25, 0.3) is 10.0 Å². The van der Waals surface area contributed by atoms with Gasteiger partial charge in [0.2, 0.25) is 0 Å². The number of hydrogen-bond donors (Lipinski definition) is 3. The van der Waals surface area contributed by atoms with Gasteiger partial charge in [-0.05, 0) is 25.2 Å². The number of aromatic amines is 1. The number of H-pyrrole nitrogens is 1. The monoisotopic (exact) mass is 331 g/mol. The maximum atomic E-state index is 12.3. The minimum absolute atomic E-state index is 0.0159. The number of aromatic nitrogens is 2. The largest absolute Gasteiger partial charge is 0.478 e. The van der Waals surface area contributed by atoms with Gasteiger partial charge in [-0.25, -0.2) is 17.9 Å². The van der Waals surface area contributed by atoms with E-state index in [2.05, 4.69) is 28.8 Å². The highest BCUT2D eigenvalue weighted by molar-refractivity contribution is 7.89. The lowest BCUT2D eigenvalue weighted by Crippen LogP contribution is -2.42. The number of sulfonamides is 1. The van der Waals surface area contributed by atoms with Crippen LogP contribution in [-0.4, -0.2) is 48.4 Å². The highest BCUT2D eigenvalue weighted by Crippen LogP contribution is 2.22. The topological polar surface area (TPSA) is 121 Å². The molecule has 0 aliphatic carbocycles. The van der Waals surface area contributed by atoms with Crippen molar-refractivity contribution in [3.05, 3.63) is 11.8 Å². The Kier molecular flexibility index (Phi) is 5.20. The van der Waals surface area contributed by atoms with Crippen molar-refractivity contribution in [3.8, 4) is 0 Å². The molecule has 2 rings (SSSR count). The van der Waals surface area contributed by atoms with E-state index in [0.29, 0.717) is 25.4 Å². The molecule has 1 aromatic heterocycles. The molecule has 2 unspecified atom stereocenters. The van der Waals surface area contributed by atoms with Gasteiger partial charge in [0.05, 0.1) is 12.3 Å². The number of carboxylic acid groups (broad SMARTS) is 1. The number of carbonyl (C=O) groups is 1. The van der Waals surface area contributed by atoms with E-state index in [1.807, 2.05) is 0 Å². The first-order valence-electron chi connectivity index (χ1n) is 7.20. The van der Waals surface area contributed by atoms with E-state index in [0.717, 1.165) is 12.6 Å². The molecule has 1 saturated heterocycles. The Hall–Kier alpha value is -1.45. The first kappa shape index (κ1) is 16.9. The van der Waals surface area contributed by atoms with E-state index in [4.69, 9.17) is 9.84 Å². The summed E-state index contributed by atoms with van der Waals surface area (Å²) in [6, 6.07) is -0.271. The molecular formula is C13H21N3O5S. The van der Waals surface area contributed by atoms with Gasteiger partial charge in [0.1, 0.15) is 5.56 Å². The summed E-state index contributed by atoms with van der Waals surface area (Å²) in [5.74, 6) is -0.870. The predicted molar refractivity (Wildman–Crippen MR) is 78.1 cm³/mol. The minimum atomic E-state index is -3.95. The predicted octanol–water partition coefficient (Wildman–Crippen LogP) is 0.980. The lowest BCUT2D eigenvalue weighted by Gasteiger charge is -2.30. The molecule has 1 aliphatic rings. The maximum absolute atomic E-state index is 12.3. The van der Waals surface area contributed by atoms with Crippen LogP contribution in [0, 0.1) is 5.92 Å². The summed E-state index contributed by atoms with van der Waals surface area (Å²) in [6.45, 7) is 4.65. The van der Waals surface area contributed by atoms with Crippen LogP contribution in [0.4, 0.5) is 0 Å². The summed E-state index contributed by atoms with van der Waals surface area (Å²) in [5.41, 5.74) is -0.363. The molecule has 9 heteroatoms. The molecule has 0 aromatic carbocycles. The average Bonchev–Trinajstić information content (AvgIpc) is 2.87. The molecule has 0 bridgehead atoms. The molecule has 0 radical (unpaired) electrons. The lowest BCUT2D eigenvalue weighted by molar-refractivity contribution is -0.00584. The SMILES string of the molecule is CC(C)CC1CC(NS(=O)(=O)c2[nH]ncc2C(=O)O)CCO1. The molecule has 1 fully saturated rings. The smallest absolute Gasteiger partial charge is 0.340 e. The van der Waals surface area contributed by atoms with Crippen LogP contribution in [0.1, 0.15) is 43.5 Å². The Bertz CT molecular complexity index is 625. The second-order valence-electron chi connectivity index (χ2n) is 5.88. The van der Waals surface area contributed by atoms with Crippen LogP contribution in [0.3, 0.4) is 0 Å². The molecule has 22 heavy (non-hydrogen) atoms. The van der Waals surface area contributed by atoms with Crippen LogP contribution in [-0.2, 0) is 14.8 Å². The van der Waals surface area contributed by atoms with E-state index >= 15 is 0 Å². The quantitative estimate of drug-likeness (QED) is 0.714. The fraction of sp³-hybridized carbons (Fsp3) is 0.692. The van der Waals surface area contributed by atoms with Crippen LogP contribution in [0.25, 0.3) is 0 Å². The Labute approximate surface area is 129 Å². The summed E-state index contributed by atoms with van der Waals surface area (Å²) in [4.78, 5) is 11.0. The first-order valence-corrected chi connectivity index (χ1v) is 8.68. The molecule has 1 aliphatic heterocycles. The van der Waals surface area contributed by atoms with Gasteiger partial charge < -0.3 is 9.84 Å². The van der Waals surface area contributed by atoms with Crippen molar-refractivity contribution in [1.82, 2.24) is 14.9 Å². The van der Waals surface area contributed by atoms with Gasteiger partial charge in [-0.15, -0.1) is 0 Å². The molecule has 2 heterocycles. The summed E-state index contributed by atoms with van der Waals surface area (Å²) in [7, 11) is -3.95. The number of rotatable bonds is 6. The van der Waals surface area contributed by atoms with E-state index in [1.165, 1.54) is 0 Å². The van der Waals surface area contributed by atoms with Gasteiger partial charge in [0, 0.05) is 12.6 Å². The third-order valence-corrected chi connectivity index (χ3v) is 5.02. The fourth-order valence-corrected chi connectivity index (χ4v) is 3.96. The highest BCUT2D eigenvalue weighted by atomic mass is 32.2. The number of nitrogens with zero attached hydrogens (tertiary/aromatic N) is 1. The Morgan fingerprint density at radius 1 is 1.59 bits per heavy atom. The molecule has 3 N–H and O–H groups in total. The average molecular weight is 331 g/mol. The second kappa shape index (κ2) is 6.76. The zero-order valence-corrected chi connectivity index (χ0v) is 13.4. The summed E-state index contributed by atoms with van der Waals surface area (Å²) in [6.07, 6.45) is 3.01. The summed E-state index contributed by atoms with van der Waals surface area (Å²) < 4.78 is 32.8. The van der Waals surface area contributed by atoms with E-state index in [9.17, 15) is 13.2 Å². The molecule has 8 nitrogen and oxygen atoms in total. The van der Waals surface area contributed by atoms with Crippen LogP contribution in [0.2, 0.25) is 0 Å². The van der Waals surface area contributed by atoms with Crippen molar-refractivity contribution in [3.63, 3.8) is 0 Å². The van der Waals surface area contributed by atoms with Crippen LogP contribution < -0.4 is 4.72 Å². The third-order valence-electron chi connectivity index (χ3n) is 3.53. The highest BCUT2D eigenvalue weighted by Gasteiger charge is 2.30. The zero-order chi connectivity index (χ0) is 16.3. The van der Waals surface area contributed by atoms with Crippen molar-refractivity contribution in [2.45, 2.75) is 50.3 Å². The molecule has 0 amide bonds. The van der Waals surface area contributed by atoms with E-state index in [-0.39, 0.29) is 17.7 Å². The van der Waals surface area contributed by atoms with Crippen LogP contribution in [0.5, 0.6) is 0 Å². The Morgan fingerprint density at radius 3 is 2.95 bits per heavy atom.